The zero-order valence-electron chi connectivity index (χ0n) is 10.2. The summed E-state index contributed by atoms with van der Waals surface area (Å²) in [7, 11) is 0. The molecule has 2 heterocycles. The van der Waals surface area contributed by atoms with Gasteiger partial charge in [0.1, 0.15) is 23.5 Å². The van der Waals surface area contributed by atoms with Crippen molar-refractivity contribution in [2.24, 2.45) is 0 Å². The molecule has 0 atom stereocenters. The van der Waals surface area contributed by atoms with Crippen LogP contribution in [0.25, 0.3) is 5.65 Å². The summed E-state index contributed by atoms with van der Waals surface area (Å²) in [4.78, 5) is 0. The van der Waals surface area contributed by atoms with E-state index >= 15 is 0 Å². The number of nitrogens with zero attached hydrogens (tertiary/aromatic N) is 4. The van der Waals surface area contributed by atoms with E-state index in [1.807, 2.05) is 6.07 Å². The van der Waals surface area contributed by atoms with Crippen LogP contribution in [0.2, 0.25) is 0 Å². The number of aromatic nitrogens is 3. The number of fused-ring (bicyclic) bond motifs is 1. The third-order valence-electron chi connectivity index (χ3n) is 3.00. The van der Waals surface area contributed by atoms with E-state index in [1.165, 1.54) is 18.2 Å². The predicted octanol–water partition coefficient (Wildman–Crippen LogP) is 2.47. The van der Waals surface area contributed by atoms with Gasteiger partial charge in [0.2, 0.25) is 0 Å². The summed E-state index contributed by atoms with van der Waals surface area (Å²) in [5.74, 6) is -0.877. The number of hydrogen-bond donors (Lipinski definition) is 0. The first-order valence-electron chi connectivity index (χ1n) is 5.85. The summed E-state index contributed by atoms with van der Waals surface area (Å²) in [6, 6.07) is 8.94. The van der Waals surface area contributed by atoms with Crippen LogP contribution >= 0.6 is 0 Å². The number of benzene rings is 1. The number of rotatable bonds is 2. The van der Waals surface area contributed by atoms with Crippen molar-refractivity contribution >= 4 is 5.65 Å². The standard InChI is InChI=1S/C14H8F2N4/c15-11-2-1-3-12(16)10(11)6-14-19-18-13-5-4-9(7-17)8-20(13)14/h1-5,8H,6H2. The van der Waals surface area contributed by atoms with E-state index in [2.05, 4.69) is 10.2 Å². The van der Waals surface area contributed by atoms with Gasteiger partial charge < -0.3 is 0 Å². The van der Waals surface area contributed by atoms with Gasteiger partial charge in [0.15, 0.2) is 5.65 Å². The molecule has 0 unspecified atom stereocenters. The Kier molecular flexibility index (Phi) is 2.88. The Hall–Kier alpha value is -2.81. The number of halogens is 2. The lowest BCUT2D eigenvalue weighted by molar-refractivity contribution is 0.558. The molecule has 2 aromatic heterocycles. The molecule has 0 saturated carbocycles. The van der Waals surface area contributed by atoms with Crippen molar-refractivity contribution in [1.82, 2.24) is 14.6 Å². The Balaban J connectivity index is 2.09. The first-order chi connectivity index (χ1) is 9.69. The van der Waals surface area contributed by atoms with Crippen molar-refractivity contribution in [1.29, 1.82) is 5.26 Å². The molecule has 0 bridgehead atoms. The second-order valence-corrected chi connectivity index (χ2v) is 4.25. The van der Waals surface area contributed by atoms with Crippen molar-refractivity contribution in [2.45, 2.75) is 6.42 Å². The van der Waals surface area contributed by atoms with Crippen LogP contribution in [0.15, 0.2) is 36.5 Å². The highest BCUT2D eigenvalue weighted by Crippen LogP contribution is 2.17. The van der Waals surface area contributed by atoms with Gasteiger partial charge >= 0.3 is 0 Å². The Morgan fingerprint density at radius 1 is 1.10 bits per heavy atom. The van der Waals surface area contributed by atoms with Gasteiger partial charge in [0.05, 0.1) is 5.56 Å². The first-order valence-corrected chi connectivity index (χ1v) is 5.85. The molecule has 3 rings (SSSR count). The largest absolute Gasteiger partial charge is 0.285 e. The van der Waals surface area contributed by atoms with Gasteiger partial charge in [0, 0.05) is 18.2 Å². The van der Waals surface area contributed by atoms with Crippen LogP contribution in [-0.2, 0) is 6.42 Å². The highest BCUT2D eigenvalue weighted by Gasteiger charge is 2.13. The van der Waals surface area contributed by atoms with Crippen molar-refractivity contribution < 1.29 is 8.78 Å². The lowest BCUT2D eigenvalue weighted by atomic mass is 10.1. The summed E-state index contributed by atoms with van der Waals surface area (Å²) >= 11 is 0. The van der Waals surface area contributed by atoms with Gasteiger partial charge in [0.25, 0.3) is 0 Å². The Morgan fingerprint density at radius 3 is 2.55 bits per heavy atom. The molecule has 0 aliphatic rings. The van der Waals surface area contributed by atoms with Crippen LogP contribution in [-0.4, -0.2) is 14.6 Å². The van der Waals surface area contributed by atoms with E-state index in [9.17, 15) is 8.78 Å². The van der Waals surface area contributed by atoms with Crippen LogP contribution in [0.5, 0.6) is 0 Å². The zero-order chi connectivity index (χ0) is 14.1. The van der Waals surface area contributed by atoms with Gasteiger partial charge in [-0.2, -0.15) is 5.26 Å². The summed E-state index contributed by atoms with van der Waals surface area (Å²) in [6.45, 7) is 0. The SMILES string of the molecule is N#Cc1ccc2nnc(Cc3c(F)cccc3F)n2c1. The lowest BCUT2D eigenvalue weighted by Crippen LogP contribution is -2.01. The third-order valence-corrected chi connectivity index (χ3v) is 3.00. The lowest BCUT2D eigenvalue weighted by Gasteiger charge is -2.04. The summed E-state index contributed by atoms with van der Waals surface area (Å²) in [5.41, 5.74) is 0.882. The van der Waals surface area contributed by atoms with Crippen LogP contribution in [0.1, 0.15) is 17.0 Å². The molecule has 6 heteroatoms. The molecule has 98 valence electrons. The number of pyridine rings is 1. The van der Waals surface area contributed by atoms with Crippen molar-refractivity contribution in [3.63, 3.8) is 0 Å². The molecule has 0 radical (unpaired) electrons. The predicted molar refractivity (Wildman–Crippen MR) is 66.9 cm³/mol. The minimum absolute atomic E-state index is 0.0332. The monoisotopic (exact) mass is 270 g/mol. The highest BCUT2D eigenvalue weighted by molar-refractivity contribution is 5.43. The second kappa shape index (κ2) is 4.70. The maximum Gasteiger partial charge on any atom is 0.160 e. The quantitative estimate of drug-likeness (QED) is 0.718. The molecule has 3 aromatic rings. The van der Waals surface area contributed by atoms with Crippen molar-refractivity contribution in [2.75, 3.05) is 0 Å². The van der Waals surface area contributed by atoms with Gasteiger partial charge in [-0.1, -0.05) is 6.07 Å². The van der Waals surface area contributed by atoms with E-state index in [0.717, 1.165) is 0 Å². The van der Waals surface area contributed by atoms with Gasteiger partial charge in [-0.05, 0) is 24.3 Å². The third kappa shape index (κ3) is 1.99. The molecular weight excluding hydrogens is 262 g/mol. The van der Waals surface area contributed by atoms with Crippen molar-refractivity contribution in [3.05, 3.63) is 65.1 Å². The Morgan fingerprint density at radius 2 is 1.85 bits per heavy atom. The molecule has 0 spiro atoms. The summed E-state index contributed by atoms with van der Waals surface area (Å²) in [5, 5.41) is 16.7. The number of hydrogen-bond acceptors (Lipinski definition) is 3. The highest BCUT2D eigenvalue weighted by atomic mass is 19.1. The average molecular weight is 270 g/mol. The minimum Gasteiger partial charge on any atom is -0.285 e. The molecule has 0 amide bonds. The van der Waals surface area contributed by atoms with E-state index in [0.29, 0.717) is 17.0 Å². The summed E-state index contributed by atoms with van der Waals surface area (Å²) in [6.07, 6.45) is 1.51. The fourth-order valence-corrected chi connectivity index (χ4v) is 1.98. The maximum atomic E-state index is 13.6. The van der Waals surface area contributed by atoms with Gasteiger partial charge in [-0.25, -0.2) is 8.78 Å². The summed E-state index contributed by atoms with van der Waals surface area (Å²) < 4.78 is 28.8. The van der Waals surface area contributed by atoms with E-state index < -0.39 is 11.6 Å². The molecule has 0 fully saturated rings. The Labute approximate surface area is 112 Å². The first kappa shape index (κ1) is 12.2. The molecule has 20 heavy (non-hydrogen) atoms. The smallest absolute Gasteiger partial charge is 0.160 e. The molecule has 1 aromatic carbocycles. The maximum absolute atomic E-state index is 13.6. The molecule has 4 nitrogen and oxygen atoms in total. The van der Waals surface area contributed by atoms with Crippen LogP contribution in [0, 0.1) is 23.0 Å². The van der Waals surface area contributed by atoms with Gasteiger partial charge in [-0.3, -0.25) is 4.40 Å². The topological polar surface area (TPSA) is 54.0 Å². The normalized spacial score (nSPS) is 10.7. The Bertz CT molecular complexity index is 813. The average Bonchev–Trinajstić information content (AvgIpc) is 2.85. The van der Waals surface area contributed by atoms with Crippen LogP contribution < -0.4 is 0 Å². The fourth-order valence-electron chi connectivity index (χ4n) is 1.98. The van der Waals surface area contributed by atoms with Crippen LogP contribution in [0.4, 0.5) is 8.78 Å². The molecular formula is C14H8F2N4. The molecule has 0 saturated heterocycles. The van der Waals surface area contributed by atoms with E-state index in [-0.39, 0.29) is 12.0 Å². The molecule has 0 aliphatic heterocycles. The van der Waals surface area contributed by atoms with Gasteiger partial charge in [-0.15, -0.1) is 10.2 Å². The zero-order valence-corrected chi connectivity index (χ0v) is 10.2. The fraction of sp³-hybridized carbons (Fsp3) is 0.0714. The second-order valence-electron chi connectivity index (χ2n) is 4.25. The van der Waals surface area contributed by atoms with Crippen molar-refractivity contribution in [3.8, 4) is 6.07 Å². The van der Waals surface area contributed by atoms with E-state index in [1.54, 1.807) is 22.7 Å². The molecule has 0 N–H and O–H groups in total. The minimum atomic E-state index is -0.627. The van der Waals surface area contributed by atoms with E-state index in [4.69, 9.17) is 5.26 Å². The van der Waals surface area contributed by atoms with Crippen LogP contribution in [0.3, 0.4) is 0 Å². The number of nitriles is 1. The molecule has 0 aliphatic carbocycles.